The number of rotatable bonds is 6. The molecule has 1 aliphatic carbocycles. The van der Waals surface area contributed by atoms with E-state index in [1.807, 2.05) is 35.7 Å². The van der Waals surface area contributed by atoms with Crippen LogP contribution in [0.4, 0.5) is 5.95 Å². The number of hydrogen-bond acceptors (Lipinski definition) is 5. The van der Waals surface area contributed by atoms with Gasteiger partial charge in [-0.1, -0.05) is 42.0 Å². The predicted octanol–water partition coefficient (Wildman–Crippen LogP) is 4.87. The van der Waals surface area contributed by atoms with Crippen molar-refractivity contribution in [2.24, 2.45) is 5.92 Å². The van der Waals surface area contributed by atoms with Gasteiger partial charge < -0.3 is 10.2 Å². The zero-order chi connectivity index (χ0) is 22.6. The van der Waals surface area contributed by atoms with E-state index in [9.17, 15) is 9.59 Å². The van der Waals surface area contributed by atoms with Gasteiger partial charge in [-0.3, -0.25) is 14.6 Å². The largest absolute Gasteiger partial charge is 0.355 e. The number of hydrogen-bond donors (Lipinski definition) is 2. The summed E-state index contributed by atoms with van der Waals surface area (Å²) in [5.74, 6) is 0.587. The highest BCUT2D eigenvalue weighted by molar-refractivity contribution is 7.17. The topological polar surface area (TPSA) is 78.1 Å². The highest BCUT2D eigenvalue weighted by atomic mass is 32.1. The number of aromatic amines is 1. The van der Waals surface area contributed by atoms with Gasteiger partial charge in [0.2, 0.25) is 11.9 Å². The normalized spacial score (nSPS) is 18.8. The number of carbonyl (C=O) groups excluding carboxylic acids is 1. The molecule has 2 aliphatic rings. The summed E-state index contributed by atoms with van der Waals surface area (Å²) in [6.45, 7) is 2.07. The fourth-order valence-corrected chi connectivity index (χ4v) is 5.80. The number of nitrogens with one attached hydrogen (secondary N) is 2. The van der Waals surface area contributed by atoms with Crippen LogP contribution in [0.1, 0.15) is 44.9 Å². The van der Waals surface area contributed by atoms with Crippen LogP contribution in [0.5, 0.6) is 0 Å². The van der Waals surface area contributed by atoms with Crippen molar-refractivity contribution >= 4 is 33.4 Å². The molecule has 1 fully saturated rings. The van der Waals surface area contributed by atoms with Gasteiger partial charge in [-0.05, 0) is 50.5 Å². The highest BCUT2D eigenvalue weighted by Gasteiger charge is 2.27. The Balaban J connectivity index is 1.29. The molecule has 2 N–H and O–H groups in total. The molecule has 7 heteroatoms. The first-order chi connectivity index (χ1) is 16.2. The van der Waals surface area contributed by atoms with E-state index in [0.29, 0.717) is 23.7 Å². The molecule has 0 bridgehead atoms. The van der Waals surface area contributed by atoms with Crippen LogP contribution in [0.2, 0.25) is 0 Å². The van der Waals surface area contributed by atoms with Gasteiger partial charge >= 0.3 is 0 Å². The molecule has 1 amide bonds. The molecule has 3 heterocycles. The van der Waals surface area contributed by atoms with Gasteiger partial charge in [0.05, 0.1) is 11.4 Å². The number of aromatic nitrogens is 2. The van der Waals surface area contributed by atoms with Gasteiger partial charge in [0.15, 0.2) is 0 Å². The van der Waals surface area contributed by atoms with Gasteiger partial charge in [-0.25, -0.2) is 4.98 Å². The number of amides is 1. The Bertz CT molecular complexity index is 1210. The van der Waals surface area contributed by atoms with Crippen LogP contribution >= 0.6 is 11.3 Å². The number of H-pyrrole nitrogens is 1. The second kappa shape index (κ2) is 9.91. The Labute approximate surface area is 197 Å². The lowest BCUT2D eigenvalue weighted by molar-refractivity contribution is -0.125. The Kier molecular flexibility index (Phi) is 6.58. The molecule has 1 aromatic carbocycles. The maximum absolute atomic E-state index is 12.8. The van der Waals surface area contributed by atoms with Crippen molar-refractivity contribution in [3.05, 3.63) is 57.7 Å². The molecule has 5 rings (SSSR count). The van der Waals surface area contributed by atoms with E-state index in [4.69, 9.17) is 4.98 Å². The third-order valence-corrected chi connectivity index (χ3v) is 7.69. The molecule has 6 nitrogen and oxygen atoms in total. The second-order valence-electron chi connectivity index (χ2n) is 9.02. The van der Waals surface area contributed by atoms with Gasteiger partial charge in [-0.2, -0.15) is 0 Å². The van der Waals surface area contributed by atoms with E-state index in [2.05, 4.69) is 21.3 Å². The zero-order valence-corrected chi connectivity index (χ0v) is 19.6. The van der Waals surface area contributed by atoms with Crippen LogP contribution in [-0.2, 0) is 4.79 Å². The Morgan fingerprint density at radius 1 is 1.21 bits per heavy atom. The summed E-state index contributed by atoms with van der Waals surface area (Å²) in [6.07, 6.45) is 9.95. The van der Waals surface area contributed by atoms with Crippen molar-refractivity contribution < 1.29 is 4.79 Å². The lowest BCUT2D eigenvalue weighted by Crippen LogP contribution is -2.44. The van der Waals surface area contributed by atoms with Crippen LogP contribution in [0.3, 0.4) is 0 Å². The number of fused-ring (bicyclic) bond motifs is 1. The predicted molar refractivity (Wildman–Crippen MR) is 135 cm³/mol. The van der Waals surface area contributed by atoms with E-state index in [-0.39, 0.29) is 17.4 Å². The molecule has 1 saturated heterocycles. The number of benzene rings is 1. The van der Waals surface area contributed by atoms with Crippen LogP contribution in [0.25, 0.3) is 21.3 Å². The minimum Gasteiger partial charge on any atom is -0.355 e. The smallest absolute Gasteiger partial charge is 0.270 e. The van der Waals surface area contributed by atoms with Crippen molar-refractivity contribution in [3.63, 3.8) is 0 Å². The van der Waals surface area contributed by atoms with E-state index in [0.717, 1.165) is 42.5 Å². The molecule has 1 aliphatic heterocycles. The van der Waals surface area contributed by atoms with Crippen molar-refractivity contribution in [1.82, 2.24) is 15.3 Å². The maximum Gasteiger partial charge on any atom is 0.270 e. The monoisotopic (exact) mass is 462 g/mol. The number of allylic oxidation sites excluding steroid dienone is 1. The van der Waals surface area contributed by atoms with E-state index < -0.39 is 0 Å². The SMILES string of the molecule is O=C(NCCC1=CCCCC1)[C@H]1CCCN(c2nc3c(-c4ccccc4)csc3c(=O)[nH]2)C1. The van der Waals surface area contributed by atoms with Crippen LogP contribution in [0.15, 0.2) is 52.2 Å². The van der Waals surface area contributed by atoms with Crippen molar-refractivity contribution in [1.29, 1.82) is 0 Å². The Morgan fingerprint density at radius 2 is 2.09 bits per heavy atom. The molecule has 0 saturated carbocycles. The number of piperidine rings is 1. The summed E-state index contributed by atoms with van der Waals surface area (Å²) in [5, 5.41) is 5.14. The standard InChI is InChI=1S/C26H30N4O2S/c31-24(27-14-13-18-8-3-1-4-9-18)20-12-7-15-30(16-20)26-28-22-21(19-10-5-2-6-11-19)17-33-23(22)25(32)29-26/h2,5-6,8,10-11,17,20H,1,3-4,7,9,12-16H2,(H,27,31)(H,28,29,32)/t20-/m0/s1. The molecule has 172 valence electrons. The van der Waals surface area contributed by atoms with Crippen LogP contribution in [0, 0.1) is 5.92 Å². The number of thiophene rings is 1. The third kappa shape index (κ3) is 4.88. The number of anilines is 1. The van der Waals surface area contributed by atoms with Gasteiger partial charge in [-0.15, -0.1) is 11.3 Å². The molecule has 0 unspecified atom stereocenters. The molecule has 1 atom stereocenters. The molecule has 33 heavy (non-hydrogen) atoms. The maximum atomic E-state index is 12.8. The Hall–Kier alpha value is -2.93. The summed E-state index contributed by atoms with van der Waals surface area (Å²) in [5.41, 5.74) is 4.13. The summed E-state index contributed by atoms with van der Waals surface area (Å²) in [4.78, 5) is 35.5. The van der Waals surface area contributed by atoms with Gasteiger partial charge in [0.25, 0.3) is 5.56 Å². The number of carbonyl (C=O) groups is 1. The molecule has 2 aromatic heterocycles. The molecule has 0 spiro atoms. The molecular weight excluding hydrogens is 432 g/mol. The first-order valence-electron chi connectivity index (χ1n) is 12.0. The first kappa shape index (κ1) is 21.9. The van der Waals surface area contributed by atoms with Gasteiger partial charge in [0, 0.05) is 30.6 Å². The van der Waals surface area contributed by atoms with E-state index in [1.165, 1.54) is 42.6 Å². The minimum atomic E-state index is -0.116. The fourth-order valence-electron chi connectivity index (χ4n) is 4.89. The fraction of sp³-hybridized carbons (Fsp3) is 0.423. The third-order valence-electron chi connectivity index (χ3n) is 6.72. The molecule has 3 aromatic rings. The van der Waals surface area contributed by atoms with Crippen LogP contribution < -0.4 is 15.8 Å². The van der Waals surface area contributed by atoms with E-state index >= 15 is 0 Å². The highest BCUT2D eigenvalue weighted by Crippen LogP contribution is 2.32. The second-order valence-corrected chi connectivity index (χ2v) is 9.90. The summed E-state index contributed by atoms with van der Waals surface area (Å²) in [7, 11) is 0. The quantitative estimate of drug-likeness (QED) is 0.512. The average Bonchev–Trinajstić information content (AvgIpc) is 3.30. The lowest BCUT2D eigenvalue weighted by Gasteiger charge is -2.32. The van der Waals surface area contributed by atoms with Crippen molar-refractivity contribution in [2.45, 2.75) is 44.9 Å². The van der Waals surface area contributed by atoms with E-state index in [1.54, 1.807) is 0 Å². The summed E-state index contributed by atoms with van der Waals surface area (Å²) < 4.78 is 0.640. The van der Waals surface area contributed by atoms with Crippen LogP contribution in [-0.4, -0.2) is 35.5 Å². The molecule has 0 radical (unpaired) electrons. The van der Waals surface area contributed by atoms with Crippen molar-refractivity contribution in [3.8, 4) is 11.1 Å². The Morgan fingerprint density at radius 3 is 2.91 bits per heavy atom. The lowest BCUT2D eigenvalue weighted by atomic mass is 9.96. The van der Waals surface area contributed by atoms with Gasteiger partial charge in [0.1, 0.15) is 4.70 Å². The minimum absolute atomic E-state index is 0.0869. The molecular formula is C26H30N4O2S. The van der Waals surface area contributed by atoms with Crippen molar-refractivity contribution in [2.75, 3.05) is 24.5 Å². The average molecular weight is 463 g/mol. The summed E-state index contributed by atoms with van der Waals surface area (Å²) in [6, 6.07) is 10.0. The summed E-state index contributed by atoms with van der Waals surface area (Å²) >= 11 is 1.42. The zero-order valence-electron chi connectivity index (χ0n) is 18.8. The first-order valence-corrected chi connectivity index (χ1v) is 12.8. The number of nitrogens with zero attached hydrogens (tertiary/aromatic N) is 2.